The van der Waals surface area contributed by atoms with Crippen molar-refractivity contribution in [2.45, 2.75) is 11.1 Å². The topological polar surface area (TPSA) is 140 Å². The smallest absolute Gasteiger partial charge is 0.306 e. The van der Waals surface area contributed by atoms with Crippen molar-refractivity contribution < 1.29 is 13.3 Å². The largest absolute Gasteiger partial charge is 0.310 e. The number of pyridine rings is 1. The molecule has 2 aromatic rings. The molecule has 21 heavy (non-hydrogen) atoms. The molecule has 0 aliphatic rings. The maximum atomic E-state index is 12.2. The number of nitrogens with zero attached hydrogens (tertiary/aromatic N) is 2. The van der Waals surface area contributed by atoms with Crippen molar-refractivity contribution in [1.82, 2.24) is 4.98 Å². The van der Waals surface area contributed by atoms with Crippen molar-refractivity contribution in [2.75, 3.05) is 10.1 Å². The molecule has 0 saturated heterocycles. The molecule has 0 aliphatic carbocycles. The molecule has 0 saturated carbocycles. The molecule has 2 aromatic heterocycles. The first-order valence-electron chi connectivity index (χ1n) is 5.54. The van der Waals surface area contributed by atoms with Crippen LogP contribution >= 0.6 is 11.3 Å². The SMILES string of the molecule is Cc1cc(NS(=O)(=O)c2cc([N+](=O)[O-])c(NN)s2)ccn1. The molecule has 0 spiro atoms. The minimum Gasteiger partial charge on any atom is -0.310 e. The molecule has 0 amide bonds. The standard InChI is InChI=1S/C10H11N5O4S2/c1-6-4-7(2-3-12-6)14-21(18,19)9-5-8(15(16)17)10(13-11)20-9/h2-5,13H,11H2,1H3,(H,12,14). The highest BCUT2D eigenvalue weighted by atomic mass is 32.2. The average Bonchev–Trinajstić information content (AvgIpc) is 2.83. The second kappa shape index (κ2) is 5.63. The van der Waals surface area contributed by atoms with Gasteiger partial charge in [-0.3, -0.25) is 19.8 Å². The van der Waals surface area contributed by atoms with Crippen LogP contribution in [0.1, 0.15) is 5.69 Å². The number of aryl methyl sites for hydroxylation is 1. The van der Waals surface area contributed by atoms with Gasteiger partial charge in [0.25, 0.3) is 10.0 Å². The molecule has 0 fully saturated rings. The highest BCUT2D eigenvalue weighted by Crippen LogP contribution is 2.36. The first-order valence-corrected chi connectivity index (χ1v) is 7.84. The third-order valence-electron chi connectivity index (χ3n) is 2.43. The van der Waals surface area contributed by atoms with Gasteiger partial charge in [0.2, 0.25) is 0 Å². The minimum atomic E-state index is -3.93. The van der Waals surface area contributed by atoms with E-state index >= 15 is 0 Å². The number of rotatable bonds is 5. The molecular formula is C10H11N5O4S2. The fourth-order valence-corrected chi connectivity index (χ4v) is 3.83. The normalized spacial score (nSPS) is 11.1. The third kappa shape index (κ3) is 3.26. The summed E-state index contributed by atoms with van der Waals surface area (Å²) >= 11 is 0.674. The van der Waals surface area contributed by atoms with E-state index in [1.54, 1.807) is 13.0 Å². The van der Waals surface area contributed by atoms with E-state index in [4.69, 9.17) is 5.84 Å². The molecular weight excluding hydrogens is 318 g/mol. The van der Waals surface area contributed by atoms with E-state index in [1.165, 1.54) is 12.3 Å². The van der Waals surface area contributed by atoms with Gasteiger partial charge in [-0.05, 0) is 19.1 Å². The number of hydrogen-bond acceptors (Lipinski definition) is 8. The van der Waals surface area contributed by atoms with Gasteiger partial charge < -0.3 is 5.43 Å². The lowest BCUT2D eigenvalue weighted by molar-refractivity contribution is -0.383. The van der Waals surface area contributed by atoms with Crippen molar-refractivity contribution in [3.05, 3.63) is 40.2 Å². The van der Waals surface area contributed by atoms with Gasteiger partial charge in [0.1, 0.15) is 4.21 Å². The highest BCUT2D eigenvalue weighted by Gasteiger charge is 2.26. The van der Waals surface area contributed by atoms with Gasteiger partial charge in [-0.25, -0.2) is 14.3 Å². The zero-order chi connectivity index (χ0) is 15.6. The predicted molar refractivity (Wildman–Crippen MR) is 78.6 cm³/mol. The van der Waals surface area contributed by atoms with Crippen LogP contribution in [0.5, 0.6) is 0 Å². The molecule has 11 heteroatoms. The number of hydrogen-bond donors (Lipinski definition) is 3. The van der Waals surface area contributed by atoms with Crippen LogP contribution in [0, 0.1) is 17.0 Å². The van der Waals surface area contributed by atoms with Gasteiger partial charge in [0, 0.05) is 18.0 Å². The van der Waals surface area contributed by atoms with E-state index in [9.17, 15) is 18.5 Å². The fourth-order valence-electron chi connectivity index (χ4n) is 1.55. The van der Waals surface area contributed by atoms with Crippen LogP contribution in [-0.2, 0) is 10.0 Å². The zero-order valence-electron chi connectivity index (χ0n) is 10.7. The van der Waals surface area contributed by atoms with E-state index < -0.39 is 20.6 Å². The Morgan fingerprint density at radius 3 is 2.67 bits per heavy atom. The molecule has 0 atom stereocenters. The number of hydrazine groups is 1. The molecule has 2 rings (SSSR count). The van der Waals surface area contributed by atoms with Crippen LogP contribution in [-0.4, -0.2) is 18.3 Å². The Labute approximate surface area is 124 Å². The van der Waals surface area contributed by atoms with Crippen LogP contribution in [0.2, 0.25) is 0 Å². The van der Waals surface area contributed by atoms with Crippen molar-refractivity contribution >= 4 is 37.7 Å². The summed E-state index contributed by atoms with van der Waals surface area (Å²) in [7, 11) is -3.93. The van der Waals surface area contributed by atoms with Crippen LogP contribution < -0.4 is 16.0 Å². The highest BCUT2D eigenvalue weighted by molar-refractivity contribution is 7.94. The van der Waals surface area contributed by atoms with Crippen molar-refractivity contribution in [2.24, 2.45) is 5.84 Å². The number of nitrogens with two attached hydrogens (primary N) is 1. The first-order chi connectivity index (χ1) is 9.83. The summed E-state index contributed by atoms with van der Waals surface area (Å²) in [6.07, 6.45) is 1.46. The third-order valence-corrected chi connectivity index (χ3v) is 5.34. The number of aromatic nitrogens is 1. The second-order valence-corrected chi connectivity index (χ2v) is 6.93. The van der Waals surface area contributed by atoms with E-state index in [1.807, 2.05) is 0 Å². The molecule has 2 heterocycles. The van der Waals surface area contributed by atoms with Crippen LogP contribution in [0.3, 0.4) is 0 Å². The van der Waals surface area contributed by atoms with E-state index in [-0.39, 0.29) is 9.21 Å². The lowest BCUT2D eigenvalue weighted by Gasteiger charge is -2.05. The van der Waals surface area contributed by atoms with E-state index in [0.29, 0.717) is 22.7 Å². The van der Waals surface area contributed by atoms with Gasteiger partial charge >= 0.3 is 5.69 Å². The number of nitrogens with one attached hydrogen (secondary N) is 2. The van der Waals surface area contributed by atoms with Crippen molar-refractivity contribution in [3.8, 4) is 0 Å². The summed E-state index contributed by atoms with van der Waals surface area (Å²) < 4.78 is 26.5. The number of nitro groups is 1. The van der Waals surface area contributed by atoms with Gasteiger partial charge in [0.05, 0.1) is 10.6 Å². The maximum absolute atomic E-state index is 12.2. The Morgan fingerprint density at radius 1 is 1.43 bits per heavy atom. The van der Waals surface area contributed by atoms with Crippen LogP contribution in [0.25, 0.3) is 0 Å². The Bertz CT molecular complexity index is 786. The number of anilines is 2. The van der Waals surface area contributed by atoms with Gasteiger partial charge in [0.15, 0.2) is 5.00 Å². The lowest BCUT2D eigenvalue weighted by Crippen LogP contribution is -2.11. The molecule has 0 aliphatic heterocycles. The number of sulfonamides is 1. The second-order valence-electron chi connectivity index (χ2n) is 3.97. The molecule has 0 bridgehead atoms. The molecule has 0 unspecified atom stereocenters. The van der Waals surface area contributed by atoms with E-state index in [2.05, 4.69) is 15.1 Å². The van der Waals surface area contributed by atoms with Gasteiger partial charge in [-0.1, -0.05) is 11.3 Å². The Morgan fingerprint density at radius 2 is 2.14 bits per heavy atom. The summed E-state index contributed by atoms with van der Waals surface area (Å²) in [4.78, 5) is 14.1. The predicted octanol–water partition coefficient (Wildman–Crippen LogP) is 1.45. The quantitative estimate of drug-likeness (QED) is 0.428. The molecule has 9 nitrogen and oxygen atoms in total. The first kappa shape index (κ1) is 15.2. The summed E-state index contributed by atoms with van der Waals surface area (Å²) in [6.45, 7) is 1.71. The average molecular weight is 329 g/mol. The van der Waals surface area contributed by atoms with Crippen LogP contribution in [0.15, 0.2) is 28.6 Å². The summed E-state index contributed by atoms with van der Waals surface area (Å²) in [5, 5.41) is 10.8. The van der Waals surface area contributed by atoms with Gasteiger partial charge in [-0.15, -0.1) is 0 Å². The molecule has 0 radical (unpaired) electrons. The molecule has 112 valence electrons. The Hall–Kier alpha value is -2.24. The molecule has 0 aromatic carbocycles. The summed E-state index contributed by atoms with van der Waals surface area (Å²) in [6, 6.07) is 3.98. The van der Waals surface area contributed by atoms with E-state index in [0.717, 1.165) is 6.07 Å². The fraction of sp³-hybridized carbons (Fsp3) is 0.100. The van der Waals surface area contributed by atoms with Crippen molar-refractivity contribution in [3.63, 3.8) is 0 Å². The summed E-state index contributed by atoms with van der Waals surface area (Å²) in [5.41, 5.74) is 2.68. The lowest BCUT2D eigenvalue weighted by atomic mass is 10.3. The Balaban J connectivity index is 2.38. The van der Waals surface area contributed by atoms with Crippen LogP contribution in [0.4, 0.5) is 16.4 Å². The molecule has 4 N–H and O–H groups in total. The monoisotopic (exact) mass is 329 g/mol. The number of nitrogen functional groups attached to an aromatic ring is 1. The Kier molecular flexibility index (Phi) is 4.06. The number of thiophene rings is 1. The zero-order valence-corrected chi connectivity index (χ0v) is 12.4. The van der Waals surface area contributed by atoms with Gasteiger partial charge in [-0.2, -0.15) is 0 Å². The summed E-state index contributed by atoms with van der Waals surface area (Å²) in [5.74, 6) is 5.15. The maximum Gasteiger partial charge on any atom is 0.306 e. The van der Waals surface area contributed by atoms with Crippen molar-refractivity contribution in [1.29, 1.82) is 0 Å². The minimum absolute atomic E-state index is 0.0358.